The quantitative estimate of drug-likeness (QED) is 0.565. The van der Waals surface area contributed by atoms with Gasteiger partial charge in [0.05, 0.1) is 4.92 Å². The van der Waals surface area contributed by atoms with E-state index in [0.29, 0.717) is 31.6 Å². The molecule has 25 heavy (non-hydrogen) atoms. The van der Waals surface area contributed by atoms with Crippen LogP contribution in [0, 0.1) is 17.0 Å². The predicted octanol–water partition coefficient (Wildman–Crippen LogP) is 2.14. The summed E-state index contributed by atoms with van der Waals surface area (Å²) in [6, 6.07) is 5.67. The average molecular weight is 371 g/mol. The lowest BCUT2D eigenvalue weighted by molar-refractivity contribution is -0.385. The Hall–Kier alpha value is -1.70. The maximum absolute atomic E-state index is 11.6. The van der Waals surface area contributed by atoms with Gasteiger partial charge in [0.2, 0.25) is 5.91 Å². The van der Waals surface area contributed by atoms with E-state index in [1.165, 1.54) is 0 Å². The number of carbonyl (C=O) groups excluding carboxylic acids is 1. The van der Waals surface area contributed by atoms with Crippen molar-refractivity contribution in [3.8, 4) is 0 Å². The molecule has 1 atom stereocenters. The standard InChI is InChI=1S/C17H26N4O3.ClH/c1-13-5-6-14(10-16(13)21(23)24)12-20-9-3-2-4-15(20)11-19-17(22)7-8-18;/h5-6,10,15H,2-4,7-9,11-12,18H2,1H3,(H,19,22);1H. The fraction of sp³-hybridized carbons (Fsp3) is 0.588. The first-order valence-electron chi connectivity index (χ1n) is 8.46. The van der Waals surface area contributed by atoms with Crippen LogP contribution in [0.4, 0.5) is 5.69 Å². The first-order valence-corrected chi connectivity index (χ1v) is 8.46. The third-order valence-electron chi connectivity index (χ3n) is 4.51. The molecular weight excluding hydrogens is 344 g/mol. The Bertz CT molecular complexity index is 597. The number of nitrogens with two attached hydrogens (primary N) is 1. The number of hydrogen-bond donors (Lipinski definition) is 2. The second-order valence-electron chi connectivity index (χ2n) is 6.34. The molecule has 1 aliphatic heterocycles. The van der Waals surface area contributed by atoms with Crippen LogP contribution in [-0.4, -0.2) is 41.4 Å². The van der Waals surface area contributed by atoms with Gasteiger partial charge in [-0.1, -0.05) is 18.6 Å². The molecule has 0 saturated carbocycles. The van der Waals surface area contributed by atoms with E-state index < -0.39 is 0 Å². The molecule has 1 unspecified atom stereocenters. The lowest BCUT2D eigenvalue weighted by Crippen LogP contribution is -2.46. The summed E-state index contributed by atoms with van der Waals surface area (Å²) in [5.41, 5.74) is 7.17. The maximum Gasteiger partial charge on any atom is 0.272 e. The lowest BCUT2D eigenvalue weighted by Gasteiger charge is -2.35. The zero-order valence-electron chi connectivity index (χ0n) is 14.6. The molecule has 0 bridgehead atoms. The van der Waals surface area contributed by atoms with Crippen LogP contribution >= 0.6 is 12.4 Å². The van der Waals surface area contributed by atoms with E-state index in [1.54, 1.807) is 19.1 Å². The zero-order chi connectivity index (χ0) is 17.5. The minimum absolute atomic E-state index is 0. The van der Waals surface area contributed by atoms with Crippen molar-refractivity contribution in [2.45, 2.75) is 45.2 Å². The number of aryl methyl sites for hydroxylation is 1. The van der Waals surface area contributed by atoms with Gasteiger partial charge in [0.15, 0.2) is 0 Å². The third kappa shape index (κ3) is 6.26. The molecule has 140 valence electrons. The Morgan fingerprint density at radius 1 is 1.44 bits per heavy atom. The van der Waals surface area contributed by atoms with Crippen molar-refractivity contribution in [1.29, 1.82) is 0 Å². The van der Waals surface area contributed by atoms with Crippen molar-refractivity contribution in [3.05, 3.63) is 39.4 Å². The number of nitro groups is 1. The molecule has 1 aromatic carbocycles. The Kier molecular flexibility index (Phi) is 8.82. The molecule has 1 heterocycles. The van der Waals surface area contributed by atoms with Crippen LogP contribution in [0.5, 0.6) is 0 Å². The molecule has 1 fully saturated rings. The van der Waals surface area contributed by atoms with Gasteiger partial charge >= 0.3 is 0 Å². The summed E-state index contributed by atoms with van der Waals surface area (Å²) >= 11 is 0. The molecule has 0 spiro atoms. The van der Waals surface area contributed by atoms with Crippen molar-refractivity contribution in [3.63, 3.8) is 0 Å². The number of halogens is 1. The number of piperidine rings is 1. The van der Waals surface area contributed by atoms with Gasteiger partial charge in [0.25, 0.3) is 5.69 Å². The topological polar surface area (TPSA) is 102 Å². The largest absolute Gasteiger partial charge is 0.354 e. The highest BCUT2D eigenvalue weighted by Gasteiger charge is 2.23. The Morgan fingerprint density at radius 2 is 2.20 bits per heavy atom. The second kappa shape index (κ2) is 10.3. The molecule has 2 rings (SSSR count). The molecule has 1 amide bonds. The Morgan fingerprint density at radius 3 is 2.88 bits per heavy atom. The molecule has 1 aromatic rings. The van der Waals surface area contributed by atoms with Gasteiger partial charge < -0.3 is 11.1 Å². The smallest absolute Gasteiger partial charge is 0.272 e. The van der Waals surface area contributed by atoms with E-state index in [0.717, 1.165) is 31.4 Å². The monoisotopic (exact) mass is 370 g/mol. The van der Waals surface area contributed by atoms with Crippen LogP contribution in [0.25, 0.3) is 0 Å². The zero-order valence-corrected chi connectivity index (χ0v) is 15.4. The van der Waals surface area contributed by atoms with Crippen molar-refractivity contribution in [1.82, 2.24) is 10.2 Å². The van der Waals surface area contributed by atoms with Crippen molar-refractivity contribution in [2.75, 3.05) is 19.6 Å². The number of nitrogens with one attached hydrogen (secondary N) is 1. The lowest BCUT2D eigenvalue weighted by atomic mass is 10.0. The van der Waals surface area contributed by atoms with Gasteiger partial charge in [-0.2, -0.15) is 0 Å². The van der Waals surface area contributed by atoms with Gasteiger partial charge in [0, 0.05) is 43.7 Å². The van der Waals surface area contributed by atoms with Crippen molar-refractivity contribution in [2.24, 2.45) is 5.73 Å². The first kappa shape index (κ1) is 21.3. The van der Waals surface area contributed by atoms with E-state index >= 15 is 0 Å². The summed E-state index contributed by atoms with van der Waals surface area (Å²) < 4.78 is 0. The van der Waals surface area contributed by atoms with Gasteiger partial charge in [-0.15, -0.1) is 12.4 Å². The summed E-state index contributed by atoms with van der Waals surface area (Å²) in [5, 5.41) is 14.0. The number of carbonyl (C=O) groups is 1. The van der Waals surface area contributed by atoms with Crippen LogP contribution in [0.3, 0.4) is 0 Å². The molecule has 1 aliphatic rings. The summed E-state index contributed by atoms with van der Waals surface area (Å²) in [6.45, 7) is 4.32. The number of hydrogen-bond acceptors (Lipinski definition) is 5. The van der Waals surface area contributed by atoms with Crippen molar-refractivity contribution < 1.29 is 9.72 Å². The van der Waals surface area contributed by atoms with Gasteiger partial charge in [-0.3, -0.25) is 19.8 Å². The van der Waals surface area contributed by atoms with Gasteiger partial charge in [-0.05, 0) is 31.9 Å². The second-order valence-corrected chi connectivity index (χ2v) is 6.34. The highest BCUT2D eigenvalue weighted by atomic mass is 35.5. The summed E-state index contributed by atoms with van der Waals surface area (Å²) in [5.74, 6) is -0.0194. The van der Waals surface area contributed by atoms with Crippen LogP contribution in [0.1, 0.15) is 36.8 Å². The number of likely N-dealkylation sites (tertiary alicyclic amines) is 1. The van der Waals surface area contributed by atoms with E-state index in [4.69, 9.17) is 5.73 Å². The normalized spacial score (nSPS) is 17.6. The summed E-state index contributed by atoms with van der Waals surface area (Å²) in [4.78, 5) is 24.7. The third-order valence-corrected chi connectivity index (χ3v) is 4.51. The van der Waals surface area contributed by atoms with E-state index in [2.05, 4.69) is 10.2 Å². The number of nitro benzene ring substituents is 1. The van der Waals surface area contributed by atoms with Crippen LogP contribution in [-0.2, 0) is 11.3 Å². The summed E-state index contributed by atoms with van der Waals surface area (Å²) in [7, 11) is 0. The predicted molar refractivity (Wildman–Crippen MR) is 99.8 cm³/mol. The molecule has 0 aliphatic carbocycles. The highest BCUT2D eigenvalue weighted by molar-refractivity contribution is 5.85. The Balaban J connectivity index is 0.00000312. The number of benzene rings is 1. The molecule has 1 saturated heterocycles. The minimum Gasteiger partial charge on any atom is -0.354 e. The SMILES string of the molecule is Cc1ccc(CN2CCCCC2CNC(=O)CCN)cc1[N+](=O)[O-].Cl. The fourth-order valence-corrected chi connectivity index (χ4v) is 3.13. The minimum atomic E-state index is -0.334. The number of nitrogens with zero attached hydrogens (tertiary/aromatic N) is 2. The van der Waals surface area contributed by atoms with Crippen LogP contribution in [0.2, 0.25) is 0 Å². The van der Waals surface area contributed by atoms with Crippen LogP contribution < -0.4 is 11.1 Å². The van der Waals surface area contributed by atoms with E-state index in [1.807, 2.05) is 6.07 Å². The van der Waals surface area contributed by atoms with Crippen LogP contribution in [0.15, 0.2) is 18.2 Å². The molecular formula is C17H27ClN4O3. The summed E-state index contributed by atoms with van der Waals surface area (Å²) in [6.07, 6.45) is 3.62. The van der Waals surface area contributed by atoms with Gasteiger partial charge in [0.1, 0.15) is 0 Å². The highest BCUT2D eigenvalue weighted by Crippen LogP contribution is 2.23. The van der Waals surface area contributed by atoms with E-state index in [-0.39, 0.29) is 35.0 Å². The Labute approximate surface area is 154 Å². The number of rotatable bonds is 7. The molecule has 7 nitrogen and oxygen atoms in total. The molecule has 0 aromatic heterocycles. The number of amides is 1. The molecule has 8 heteroatoms. The maximum atomic E-state index is 11.6. The average Bonchev–Trinajstić information content (AvgIpc) is 2.56. The molecule has 0 radical (unpaired) electrons. The molecule has 3 N–H and O–H groups in total. The van der Waals surface area contributed by atoms with Gasteiger partial charge in [-0.25, -0.2) is 0 Å². The first-order chi connectivity index (χ1) is 11.5. The fourth-order valence-electron chi connectivity index (χ4n) is 3.13. The van der Waals surface area contributed by atoms with Crippen molar-refractivity contribution >= 4 is 24.0 Å². The van der Waals surface area contributed by atoms with E-state index in [9.17, 15) is 14.9 Å².